The van der Waals surface area contributed by atoms with Crippen molar-refractivity contribution in [2.75, 3.05) is 6.54 Å². The van der Waals surface area contributed by atoms with Gasteiger partial charge in [0, 0.05) is 34.3 Å². The van der Waals surface area contributed by atoms with E-state index in [-0.39, 0.29) is 12.0 Å². The lowest BCUT2D eigenvalue weighted by Gasteiger charge is -2.13. The topological polar surface area (TPSA) is 64.1 Å². The standard InChI is InChI=1S/C19H16ClN3O2S/c1-11-3-4-16(26-11)19(24)23-10-14-8-12-7-13(20)9-15(17(12)25-14)18-21-5-2-6-22-18/h2-7,9,14H,8,10H2,1H3,(H,23,24). The number of fused-ring (bicyclic) bond motifs is 1. The van der Waals surface area contributed by atoms with Gasteiger partial charge in [-0.25, -0.2) is 9.97 Å². The first-order valence-electron chi connectivity index (χ1n) is 8.21. The Morgan fingerprint density at radius 1 is 1.35 bits per heavy atom. The number of nitrogens with zero attached hydrogens (tertiary/aromatic N) is 2. The van der Waals surface area contributed by atoms with Crippen LogP contribution < -0.4 is 10.1 Å². The maximum Gasteiger partial charge on any atom is 0.261 e. The molecule has 0 saturated heterocycles. The summed E-state index contributed by atoms with van der Waals surface area (Å²) in [5.41, 5.74) is 1.78. The van der Waals surface area contributed by atoms with Crippen LogP contribution in [0.15, 0.2) is 42.7 Å². The molecule has 0 fully saturated rings. The number of thiophene rings is 1. The molecular formula is C19H16ClN3O2S. The molecule has 0 aliphatic carbocycles. The van der Waals surface area contributed by atoms with E-state index in [0.29, 0.717) is 28.7 Å². The van der Waals surface area contributed by atoms with Gasteiger partial charge in [0.15, 0.2) is 5.82 Å². The van der Waals surface area contributed by atoms with Gasteiger partial charge < -0.3 is 10.1 Å². The van der Waals surface area contributed by atoms with Crippen LogP contribution in [0.5, 0.6) is 5.75 Å². The average molecular weight is 386 g/mol. The second-order valence-corrected chi connectivity index (χ2v) is 7.80. The summed E-state index contributed by atoms with van der Waals surface area (Å²) in [6.45, 7) is 2.41. The van der Waals surface area contributed by atoms with Crippen molar-refractivity contribution in [1.29, 1.82) is 0 Å². The summed E-state index contributed by atoms with van der Waals surface area (Å²) in [7, 11) is 0. The van der Waals surface area contributed by atoms with Gasteiger partial charge in [-0.1, -0.05) is 11.6 Å². The minimum absolute atomic E-state index is 0.0766. The summed E-state index contributed by atoms with van der Waals surface area (Å²) in [6, 6.07) is 9.25. The lowest BCUT2D eigenvalue weighted by atomic mass is 10.1. The summed E-state index contributed by atoms with van der Waals surface area (Å²) in [5.74, 6) is 1.24. The number of halogens is 1. The Bertz CT molecular complexity index is 959. The fraction of sp³-hybridized carbons (Fsp3) is 0.211. The van der Waals surface area contributed by atoms with Gasteiger partial charge in [-0.3, -0.25) is 4.79 Å². The molecule has 1 unspecified atom stereocenters. The number of ether oxygens (including phenoxy) is 1. The molecule has 2 aromatic heterocycles. The van der Waals surface area contributed by atoms with E-state index < -0.39 is 0 Å². The van der Waals surface area contributed by atoms with E-state index in [9.17, 15) is 4.79 Å². The molecule has 0 saturated carbocycles. The maximum atomic E-state index is 12.2. The number of amides is 1. The van der Waals surface area contributed by atoms with E-state index in [1.54, 1.807) is 18.5 Å². The fourth-order valence-electron chi connectivity index (χ4n) is 2.96. The normalized spacial score (nSPS) is 15.4. The van der Waals surface area contributed by atoms with Crippen LogP contribution in [-0.4, -0.2) is 28.5 Å². The van der Waals surface area contributed by atoms with E-state index in [1.807, 2.05) is 31.2 Å². The first-order chi connectivity index (χ1) is 12.6. The number of aryl methyl sites for hydroxylation is 1. The number of hydrogen-bond donors (Lipinski definition) is 1. The molecule has 1 atom stereocenters. The van der Waals surface area contributed by atoms with Crippen molar-refractivity contribution >= 4 is 28.8 Å². The number of nitrogens with one attached hydrogen (secondary N) is 1. The molecule has 4 rings (SSSR count). The molecule has 132 valence electrons. The van der Waals surface area contributed by atoms with Crippen LogP contribution in [0.1, 0.15) is 20.1 Å². The minimum Gasteiger partial charge on any atom is -0.487 e. The molecule has 0 radical (unpaired) electrons. The monoisotopic (exact) mass is 385 g/mol. The predicted molar refractivity (Wildman–Crippen MR) is 102 cm³/mol. The second kappa shape index (κ2) is 7.05. The third kappa shape index (κ3) is 3.43. The third-order valence-electron chi connectivity index (χ3n) is 4.12. The van der Waals surface area contributed by atoms with Crippen LogP contribution in [0.3, 0.4) is 0 Å². The molecule has 3 heterocycles. The van der Waals surface area contributed by atoms with Gasteiger partial charge in [-0.2, -0.15) is 0 Å². The molecule has 0 bridgehead atoms. The molecular weight excluding hydrogens is 370 g/mol. The maximum absolute atomic E-state index is 12.2. The number of carbonyl (C=O) groups is 1. The summed E-state index contributed by atoms with van der Waals surface area (Å²) in [4.78, 5) is 22.6. The predicted octanol–water partition coefficient (Wildman–Crippen LogP) is 3.90. The molecule has 5 nitrogen and oxygen atoms in total. The SMILES string of the molecule is Cc1ccc(C(=O)NCC2Cc3cc(Cl)cc(-c4ncccn4)c3O2)s1. The van der Waals surface area contributed by atoms with Gasteiger partial charge >= 0.3 is 0 Å². The van der Waals surface area contributed by atoms with Crippen molar-refractivity contribution in [2.45, 2.75) is 19.4 Å². The molecule has 7 heteroatoms. The zero-order chi connectivity index (χ0) is 18.1. The van der Waals surface area contributed by atoms with E-state index in [4.69, 9.17) is 16.3 Å². The average Bonchev–Trinajstić information content (AvgIpc) is 3.25. The van der Waals surface area contributed by atoms with Crippen LogP contribution in [0.4, 0.5) is 0 Å². The smallest absolute Gasteiger partial charge is 0.261 e. The summed E-state index contributed by atoms with van der Waals surface area (Å²) < 4.78 is 6.09. The largest absolute Gasteiger partial charge is 0.487 e. The Kier molecular flexibility index (Phi) is 4.61. The quantitative estimate of drug-likeness (QED) is 0.739. The van der Waals surface area contributed by atoms with Gasteiger partial charge in [-0.15, -0.1) is 11.3 Å². The first-order valence-corrected chi connectivity index (χ1v) is 9.40. The number of hydrogen-bond acceptors (Lipinski definition) is 5. The van der Waals surface area contributed by atoms with Crippen LogP contribution in [0, 0.1) is 6.92 Å². The van der Waals surface area contributed by atoms with Crippen LogP contribution in [0.2, 0.25) is 5.02 Å². The zero-order valence-corrected chi connectivity index (χ0v) is 15.6. The van der Waals surface area contributed by atoms with E-state index in [1.165, 1.54) is 11.3 Å². The Balaban J connectivity index is 1.49. The van der Waals surface area contributed by atoms with Crippen LogP contribution >= 0.6 is 22.9 Å². The highest BCUT2D eigenvalue weighted by Crippen LogP contribution is 2.39. The first kappa shape index (κ1) is 17.0. The molecule has 1 aromatic carbocycles. The molecule has 1 amide bonds. The number of aromatic nitrogens is 2. The van der Waals surface area contributed by atoms with Crippen molar-refractivity contribution in [1.82, 2.24) is 15.3 Å². The summed E-state index contributed by atoms with van der Waals surface area (Å²) >= 11 is 7.74. The van der Waals surface area contributed by atoms with Crippen LogP contribution in [0.25, 0.3) is 11.4 Å². The lowest BCUT2D eigenvalue weighted by molar-refractivity contribution is 0.0937. The zero-order valence-electron chi connectivity index (χ0n) is 14.0. The molecule has 3 aromatic rings. The Hall–Kier alpha value is -2.44. The fourth-order valence-corrected chi connectivity index (χ4v) is 3.99. The molecule has 1 aliphatic heterocycles. The van der Waals surface area contributed by atoms with E-state index >= 15 is 0 Å². The molecule has 26 heavy (non-hydrogen) atoms. The van der Waals surface area contributed by atoms with Crippen molar-refractivity contribution in [3.63, 3.8) is 0 Å². The van der Waals surface area contributed by atoms with Gasteiger partial charge in [0.25, 0.3) is 5.91 Å². The highest BCUT2D eigenvalue weighted by Gasteiger charge is 2.28. The van der Waals surface area contributed by atoms with Crippen molar-refractivity contribution in [3.05, 3.63) is 63.1 Å². The third-order valence-corrected chi connectivity index (χ3v) is 5.34. The molecule has 0 spiro atoms. The summed E-state index contributed by atoms with van der Waals surface area (Å²) in [6.07, 6.45) is 3.91. The number of benzene rings is 1. The lowest BCUT2D eigenvalue weighted by Crippen LogP contribution is -2.34. The minimum atomic E-state index is -0.143. The Morgan fingerprint density at radius 2 is 2.15 bits per heavy atom. The van der Waals surface area contributed by atoms with Crippen molar-refractivity contribution < 1.29 is 9.53 Å². The second-order valence-electron chi connectivity index (χ2n) is 6.08. The Morgan fingerprint density at radius 3 is 2.88 bits per heavy atom. The number of rotatable bonds is 4. The van der Waals surface area contributed by atoms with Gasteiger partial charge in [0.2, 0.25) is 0 Å². The summed E-state index contributed by atoms with van der Waals surface area (Å²) in [5, 5.41) is 3.56. The Labute approximate surface area is 160 Å². The highest BCUT2D eigenvalue weighted by atomic mass is 35.5. The van der Waals surface area contributed by atoms with Crippen molar-refractivity contribution in [2.24, 2.45) is 0 Å². The van der Waals surface area contributed by atoms with Crippen LogP contribution in [-0.2, 0) is 6.42 Å². The van der Waals surface area contributed by atoms with E-state index in [2.05, 4.69) is 15.3 Å². The molecule has 1 aliphatic rings. The van der Waals surface area contributed by atoms with E-state index in [0.717, 1.165) is 21.8 Å². The number of carbonyl (C=O) groups excluding carboxylic acids is 1. The molecule has 1 N–H and O–H groups in total. The van der Waals surface area contributed by atoms with Gasteiger partial charge in [0.05, 0.1) is 17.0 Å². The van der Waals surface area contributed by atoms with Crippen molar-refractivity contribution in [3.8, 4) is 17.1 Å². The van der Waals surface area contributed by atoms with Gasteiger partial charge in [0.1, 0.15) is 11.9 Å². The highest BCUT2D eigenvalue weighted by molar-refractivity contribution is 7.13. The van der Waals surface area contributed by atoms with Gasteiger partial charge in [-0.05, 0) is 37.3 Å².